The molecule has 5 nitrogen and oxygen atoms in total. The van der Waals surface area contributed by atoms with E-state index in [4.69, 9.17) is 10.5 Å². The molecule has 0 spiro atoms. The van der Waals surface area contributed by atoms with Gasteiger partial charge in [-0.2, -0.15) is 4.98 Å². The monoisotopic (exact) mass is 276 g/mol. The molecule has 1 aromatic heterocycles. The second-order valence-corrected chi connectivity index (χ2v) is 6.00. The summed E-state index contributed by atoms with van der Waals surface area (Å²) in [7, 11) is 2.18. The SMILES string of the molecule is CN1CCCC1CNc1ccc(N)c(OCC2CC2)n1. The van der Waals surface area contributed by atoms with Gasteiger partial charge in [0, 0.05) is 12.6 Å². The van der Waals surface area contributed by atoms with Crippen molar-refractivity contribution in [3.63, 3.8) is 0 Å². The highest BCUT2D eigenvalue weighted by molar-refractivity contribution is 5.53. The molecule has 5 heteroatoms. The standard InChI is InChI=1S/C15H24N4O/c1-19-8-2-3-12(19)9-17-14-7-6-13(16)15(18-14)20-10-11-4-5-11/h6-7,11-12H,2-5,8-10,16H2,1H3,(H,17,18). The van der Waals surface area contributed by atoms with Crippen molar-refractivity contribution >= 4 is 11.5 Å². The molecule has 3 rings (SSSR count). The predicted octanol–water partition coefficient (Wildman–Crippen LogP) is 1.96. The Morgan fingerprint density at radius 1 is 1.40 bits per heavy atom. The summed E-state index contributed by atoms with van der Waals surface area (Å²) in [5.41, 5.74) is 6.53. The maximum Gasteiger partial charge on any atom is 0.239 e. The van der Waals surface area contributed by atoms with Gasteiger partial charge >= 0.3 is 0 Å². The van der Waals surface area contributed by atoms with Crippen molar-refractivity contribution in [1.82, 2.24) is 9.88 Å². The number of nitrogens with zero attached hydrogens (tertiary/aromatic N) is 2. The van der Waals surface area contributed by atoms with Gasteiger partial charge in [-0.05, 0) is 57.3 Å². The van der Waals surface area contributed by atoms with E-state index in [2.05, 4.69) is 22.2 Å². The van der Waals surface area contributed by atoms with E-state index in [-0.39, 0.29) is 0 Å². The van der Waals surface area contributed by atoms with Crippen LogP contribution in [0.25, 0.3) is 0 Å². The minimum Gasteiger partial charge on any atom is -0.476 e. The lowest BCUT2D eigenvalue weighted by Crippen LogP contribution is -2.31. The van der Waals surface area contributed by atoms with E-state index in [1.54, 1.807) is 0 Å². The van der Waals surface area contributed by atoms with E-state index in [1.807, 2.05) is 12.1 Å². The number of nitrogens with two attached hydrogens (primary N) is 1. The lowest BCUT2D eigenvalue weighted by Gasteiger charge is -2.20. The Labute approximate surface area is 120 Å². The Hall–Kier alpha value is -1.49. The van der Waals surface area contributed by atoms with Gasteiger partial charge in [-0.3, -0.25) is 0 Å². The topological polar surface area (TPSA) is 63.4 Å². The van der Waals surface area contributed by atoms with Crippen molar-refractivity contribution in [2.24, 2.45) is 5.92 Å². The molecule has 1 unspecified atom stereocenters. The van der Waals surface area contributed by atoms with Crippen molar-refractivity contribution in [3.8, 4) is 5.88 Å². The lowest BCUT2D eigenvalue weighted by molar-refractivity contribution is 0.290. The maximum atomic E-state index is 5.91. The molecule has 0 amide bonds. The highest BCUT2D eigenvalue weighted by Crippen LogP contribution is 2.30. The summed E-state index contributed by atoms with van der Waals surface area (Å²) in [6.45, 7) is 2.86. The fraction of sp³-hybridized carbons (Fsp3) is 0.667. The smallest absolute Gasteiger partial charge is 0.239 e. The Morgan fingerprint density at radius 2 is 2.25 bits per heavy atom. The summed E-state index contributed by atoms with van der Waals surface area (Å²) in [6, 6.07) is 4.40. The number of aromatic nitrogens is 1. The molecule has 20 heavy (non-hydrogen) atoms. The molecule has 1 aliphatic heterocycles. The number of nitrogen functional groups attached to an aromatic ring is 1. The fourth-order valence-electron chi connectivity index (χ4n) is 2.61. The number of pyridine rings is 1. The number of hydrogen-bond acceptors (Lipinski definition) is 5. The van der Waals surface area contributed by atoms with Gasteiger partial charge in [0.1, 0.15) is 5.82 Å². The molecule has 0 radical (unpaired) electrons. The van der Waals surface area contributed by atoms with Crippen molar-refractivity contribution in [2.75, 3.05) is 37.8 Å². The molecule has 2 fully saturated rings. The number of likely N-dealkylation sites (tertiary alicyclic amines) is 1. The van der Waals surface area contributed by atoms with Crippen molar-refractivity contribution in [2.45, 2.75) is 31.7 Å². The maximum absolute atomic E-state index is 5.91. The zero-order chi connectivity index (χ0) is 13.9. The van der Waals surface area contributed by atoms with Gasteiger partial charge in [0.15, 0.2) is 0 Å². The summed E-state index contributed by atoms with van der Waals surface area (Å²) in [5.74, 6) is 2.13. The van der Waals surface area contributed by atoms with Crippen molar-refractivity contribution in [3.05, 3.63) is 12.1 Å². The van der Waals surface area contributed by atoms with Crippen LogP contribution in [0.1, 0.15) is 25.7 Å². The molecule has 1 aromatic rings. The molecule has 1 saturated heterocycles. The largest absolute Gasteiger partial charge is 0.476 e. The Balaban J connectivity index is 1.56. The second-order valence-electron chi connectivity index (χ2n) is 6.00. The van der Waals surface area contributed by atoms with Gasteiger partial charge < -0.3 is 20.7 Å². The van der Waals surface area contributed by atoms with Crippen LogP contribution in [0.3, 0.4) is 0 Å². The summed E-state index contributed by atoms with van der Waals surface area (Å²) >= 11 is 0. The average molecular weight is 276 g/mol. The van der Waals surface area contributed by atoms with Crippen molar-refractivity contribution in [1.29, 1.82) is 0 Å². The third kappa shape index (κ3) is 3.33. The van der Waals surface area contributed by atoms with Gasteiger partial charge in [0.05, 0.1) is 12.3 Å². The third-order valence-electron chi connectivity index (χ3n) is 4.23. The van der Waals surface area contributed by atoms with Crippen LogP contribution in [0, 0.1) is 5.92 Å². The summed E-state index contributed by atoms with van der Waals surface area (Å²) < 4.78 is 5.71. The van der Waals surface area contributed by atoms with Gasteiger partial charge in [-0.15, -0.1) is 0 Å². The fourth-order valence-corrected chi connectivity index (χ4v) is 2.61. The minimum atomic E-state index is 0.571. The van der Waals surface area contributed by atoms with Crippen LogP contribution in [0.4, 0.5) is 11.5 Å². The van der Waals surface area contributed by atoms with Crippen LogP contribution in [-0.2, 0) is 0 Å². The summed E-state index contributed by atoms with van der Waals surface area (Å²) in [6.07, 6.45) is 5.08. The zero-order valence-electron chi connectivity index (χ0n) is 12.1. The molecule has 2 aliphatic rings. The van der Waals surface area contributed by atoms with Crippen molar-refractivity contribution < 1.29 is 4.74 Å². The minimum absolute atomic E-state index is 0.571. The first-order valence-electron chi connectivity index (χ1n) is 7.56. The predicted molar refractivity (Wildman–Crippen MR) is 81.0 cm³/mol. The molecule has 2 heterocycles. The number of ether oxygens (including phenoxy) is 1. The first kappa shape index (κ1) is 13.5. The van der Waals surface area contributed by atoms with E-state index in [0.29, 0.717) is 23.5 Å². The highest BCUT2D eigenvalue weighted by atomic mass is 16.5. The van der Waals surface area contributed by atoms with E-state index in [9.17, 15) is 0 Å². The molecule has 0 bridgehead atoms. The molecular weight excluding hydrogens is 252 g/mol. The van der Waals surface area contributed by atoms with Crippen LogP contribution >= 0.6 is 0 Å². The quantitative estimate of drug-likeness (QED) is 0.831. The molecule has 0 aromatic carbocycles. The van der Waals surface area contributed by atoms with E-state index in [0.717, 1.165) is 19.0 Å². The molecular formula is C15H24N4O. The Morgan fingerprint density at radius 3 is 2.95 bits per heavy atom. The summed E-state index contributed by atoms with van der Waals surface area (Å²) in [5, 5.41) is 3.40. The third-order valence-corrected chi connectivity index (χ3v) is 4.23. The van der Waals surface area contributed by atoms with Crippen LogP contribution < -0.4 is 15.8 Å². The highest BCUT2D eigenvalue weighted by Gasteiger charge is 2.23. The molecule has 1 saturated carbocycles. The number of anilines is 2. The zero-order valence-corrected chi connectivity index (χ0v) is 12.1. The van der Waals surface area contributed by atoms with Crippen LogP contribution in [0.2, 0.25) is 0 Å². The number of rotatable bonds is 6. The number of nitrogens with one attached hydrogen (secondary N) is 1. The Bertz CT molecular complexity index is 461. The van der Waals surface area contributed by atoms with E-state index < -0.39 is 0 Å². The molecule has 110 valence electrons. The van der Waals surface area contributed by atoms with E-state index >= 15 is 0 Å². The number of hydrogen-bond donors (Lipinski definition) is 2. The molecule has 3 N–H and O–H groups in total. The van der Waals surface area contributed by atoms with Gasteiger partial charge in [0.25, 0.3) is 0 Å². The molecule has 1 aliphatic carbocycles. The first-order valence-corrected chi connectivity index (χ1v) is 7.56. The number of likely N-dealkylation sites (N-methyl/N-ethyl adjacent to an activating group) is 1. The van der Waals surface area contributed by atoms with Gasteiger partial charge in [-0.25, -0.2) is 0 Å². The molecule has 1 atom stereocenters. The van der Waals surface area contributed by atoms with Gasteiger partial charge in [-0.1, -0.05) is 0 Å². The van der Waals surface area contributed by atoms with E-state index in [1.165, 1.54) is 32.2 Å². The van der Waals surface area contributed by atoms with Crippen LogP contribution in [-0.4, -0.2) is 42.7 Å². The van der Waals surface area contributed by atoms with Crippen LogP contribution in [0.15, 0.2) is 12.1 Å². The van der Waals surface area contributed by atoms with Crippen LogP contribution in [0.5, 0.6) is 5.88 Å². The normalized spacial score (nSPS) is 22.9. The Kier molecular flexibility index (Phi) is 3.96. The second kappa shape index (κ2) is 5.87. The average Bonchev–Trinajstić information content (AvgIpc) is 3.18. The first-order chi connectivity index (χ1) is 9.72. The lowest BCUT2D eigenvalue weighted by atomic mass is 10.2. The summed E-state index contributed by atoms with van der Waals surface area (Å²) in [4.78, 5) is 6.88. The van der Waals surface area contributed by atoms with Gasteiger partial charge in [0.2, 0.25) is 5.88 Å².